The average Bonchev–Trinajstić information content (AvgIpc) is 3.07. The minimum absolute atomic E-state index is 0.125. The maximum Gasteiger partial charge on any atom is 0.254 e. The number of furan rings is 1. The van der Waals surface area contributed by atoms with Crippen molar-refractivity contribution in [1.29, 1.82) is 0 Å². The molecule has 0 unspecified atom stereocenters. The number of nitrogens with two attached hydrogens (primary N) is 1. The molecule has 27 heavy (non-hydrogen) atoms. The first-order valence-corrected chi connectivity index (χ1v) is 8.89. The zero-order chi connectivity index (χ0) is 19.4. The molecule has 0 fully saturated rings. The first kappa shape index (κ1) is 18.7. The zero-order valence-electron chi connectivity index (χ0n) is 14.5. The van der Waals surface area contributed by atoms with Crippen molar-refractivity contribution in [3.05, 3.63) is 82.2 Å². The van der Waals surface area contributed by atoms with Crippen molar-refractivity contribution in [2.45, 2.75) is 6.54 Å². The SMILES string of the molecule is CN(Cc1ccc(Br)o1)C(=O)c1ccc(Oc2ccc(C(N)=O)cc2)cc1. The highest BCUT2D eigenvalue weighted by Crippen LogP contribution is 2.23. The van der Waals surface area contributed by atoms with Crippen LogP contribution in [0.1, 0.15) is 26.5 Å². The van der Waals surface area contributed by atoms with Crippen molar-refractivity contribution in [2.75, 3.05) is 7.05 Å². The van der Waals surface area contributed by atoms with E-state index in [1.807, 2.05) is 6.07 Å². The Morgan fingerprint density at radius 3 is 2.00 bits per heavy atom. The fourth-order valence-electron chi connectivity index (χ4n) is 2.45. The summed E-state index contributed by atoms with van der Waals surface area (Å²) in [6, 6.07) is 16.9. The molecule has 0 aliphatic carbocycles. The molecule has 0 saturated heterocycles. The third-order valence-electron chi connectivity index (χ3n) is 3.84. The molecule has 1 aromatic heterocycles. The molecule has 0 aliphatic heterocycles. The van der Waals surface area contributed by atoms with Gasteiger partial charge in [0.1, 0.15) is 17.3 Å². The number of ether oxygens (including phenoxy) is 1. The van der Waals surface area contributed by atoms with Crippen LogP contribution in [0, 0.1) is 0 Å². The van der Waals surface area contributed by atoms with Gasteiger partial charge >= 0.3 is 0 Å². The van der Waals surface area contributed by atoms with Gasteiger partial charge in [-0.3, -0.25) is 9.59 Å². The summed E-state index contributed by atoms with van der Waals surface area (Å²) in [7, 11) is 1.71. The predicted molar refractivity (Wildman–Crippen MR) is 104 cm³/mol. The van der Waals surface area contributed by atoms with Crippen molar-refractivity contribution in [2.24, 2.45) is 5.73 Å². The molecule has 0 bridgehead atoms. The van der Waals surface area contributed by atoms with E-state index in [1.54, 1.807) is 66.5 Å². The lowest BCUT2D eigenvalue weighted by molar-refractivity contribution is 0.0775. The van der Waals surface area contributed by atoms with Gasteiger partial charge in [0.2, 0.25) is 5.91 Å². The highest BCUT2D eigenvalue weighted by Gasteiger charge is 2.14. The Morgan fingerprint density at radius 1 is 0.963 bits per heavy atom. The van der Waals surface area contributed by atoms with Crippen LogP contribution in [0.2, 0.25) is 0 Å². The second kappa shape index (κ2) is 8.09. The van der Waals surface area contributed by atoms with Gasteiger partial charge in [0, 0.05) is 18.2 Å². The van der Waals surface area contributed by atoms with E-state index in [0.29, 0.717) is 39.6 Å². The molecule has 7 heteroatoms. The first-order valence-electron chi connectivity index (χ1n) is 8.10. The largest absolute Gasteiger partial charge is 0.457 e. The molecule has 3 aromatic rings. The molecule has 2 aromatic carbocycles. The van der Waals surface area contributed by atoms with E-state index >= 15 is 0 Å². The molecular formula is C20H17BrN2O4. The molecule has 0 aliphatic rings. The predicted octanol–water partition coefficient (Wildman–Crippen LogP) is 4.21. The Hall–Kier alpha value is -3.06. The van der Waals surface area contributed by atoms with Crippen LogP contribution >= 0.6 is 15.9 Å². The van der Waals surface area contributed by atoms with E-state index in [-0.39, 0.29) is 5.91 Å². The average molecular weight is 429 g/mol. The van der Waals surface area contributed by atoms with Crippen LogP contribution < -0.4 is 10.5 Å². The van der Waals surface area contributed by atoms with E-state index in [1.165, 1.54) is 0 Å². The number of nitrogens with zero attached hydrogens (tertiary/aromatic N) is 1. The third kappa shape index (κ3) is 4.77. The van der Waals surface area contributed by atoms with E-state index < -0.39 is 5.91 Å². The van der Waals surface area contributed by atoms with E-state index in [2.05, 4.69) is 15.9 Å². The molecule has 3 rings (SSSR count). The number of amides is 2. The molecule has 0 atom stereocenters. The molecular weight excluding hydrogens is 412 g/mol. The lowest BCUT2D eigenvalue weighted by atomic mass is 10.2. The number of benzene rings is 2. The Morgan fingerprint density at radius 2 is 1.52 bits per heavy atom. The van der Waals surface area contributed by atoms with E-state index in [9.17, 15) is 9.59 Å². The van der Waals surface area contributed by atoms with Gasteiger partial charge in [0.15, 0.2) is 4.67 Å². The van der Waals surface area contributed by atoms with Crippen LogP contribution in [-0.2, 0) is 6.54 Å². The van der Waals surface area contributed by atoms with Crippen LogP contribution in [0.5, 0.6) is 11.5 Å². The van der Waals surface area contributed by atoms with Gasteiger partial charge in [-0.15, -0.1) is 0 Å². The zero-order valence-corrected chi connectivity index (χ0v) is 16.1. The lowest BCUT2D eigenvalue weighted by Crippen LogP contribution is -2.25. The number of rotatable bonds is 6. The van der Waals surface area contributed by atoms with Crippen molar-refractivity contribution >= 4 is 27.7 Å². The summed E-state index contributed by atoms with van der Waals surface area (Å²) in [5.41, 5.74) is 6.16. The van der Waals surface area contributed by atoms with Gasteiger partial charge in [0.25, 0.3) is 5.91 Å². The molecule has 6 nitrogen and oxygen atoms in total. The van der Waals surface area contributed by atoms with Crippen LogP contribution in [0.15, 0.2) is 69.8 Å². The molecule has 2 amide bonds. The van der Waals surface area contributed by atoms with Gasteiger partial charge in [0.05, 0.1) is 6.54 Å². The number of carbonyl (C=O) groups is 2. The summed E-state index contributed by atoms with van der Waals surface area (Å²) in [4.78, 5) is 25.2. The monoisotopic (exact) mass is 428 g/mol. The summed E-state index contributed by atoms with van der Waals surface area (Å²) >= 11 is 3.24. The topological polar surface area (TPSA) is 85.8 Å². The van der Waals surface area contributed by atoms with Gasteiger partial charge in [-0.25, -0.2) is 0 Å². The lowest BCUT2D eigenvalue weighted by Gasteiger charge is -2.16. The van der Waals surface area contributed by atoms with Gasteiger partial charge in [-0.1, -0.05) is 0 Å². The highest BCUT2D eigenvalue weighted by molar-refractivity contribution is 9.10. The summed E-state index contributed by atoms with van der Waals surface area (Å²) in [5, 5.41) is 0. The van der Waals surface area contributed by atoms with Gasteiger partial charge in [-0.05, 0) is 76.6 Å². The van der Waals surface area contributed by atoms with Crippen molar-refractivity contribution in [3.63, 3.8) is 0 Å². The fourth-order valence-corrected chi connectivity index (χ4v) is 2.79. The molecule has 138 valence electrons. The number of hydrogen-bond donors (Lipinski definition) is 1. The maximum atomic E-state index is 12.5. The Labute approximate surface area is 164 Å². The second-order valence-corrected chi connectivity index (χ2v) is 6.66. The Balaban J connectivity index is 1.63. The van der Waals surface area contributed by atoms with Crippen LogP contribution in [0.25, 0.3) is 0 Å². The van der Waals surface area contributed by atoms with Gasteiger partial charge < -0.3 is 19.8 Å². The van der Waals surface area contributed by atoms with Crippen LogP contribution in [0.4, 0.5) is 0 Å². The standard InChI is InChI=1S/C20H17BrN2O4/c1-23(12-17-10-11-18(21)27-17)20(25)14-4-8-16(9-5-14)26-15-6-2-13(3-7-15)19(22)24/h2-11H,12H2,1H3,(H2,22,24). The summed E-state index contributed by atoms with van der Waals surface area (Å²) in [6.07, 6.45) is 0. The van der Waals surface area contributed by atoms with E-state index in [4.69, 9.17) is 14.9 Å². The smallest absolute Gasteiger partial charge is 0.254 e. The van der Waals surface area contributed by atoms with Crippen LogP contribution in [-0.4, -0.2) is 23.8 Å². The fraction of sp³-hybridized carbons (Fsp3) is 0.100. The Bertz CT molecular complexity index is 949. The molecule has 0 spiro atoms. The minimum Gasteiger partial charge on any atom is -0.457 e. The van der Waals surface area contributed by atoms with Crippen molar-refractivity contribution in [1.82, 2.24) is 4.90 Å². The minimum atomic E-state index is -0.490. The number of hydrogen-bond acceptors (Lipinski definition) is 4. The van der Waals surface area contributed by atoms with Crippen LogP contribution in [0.3, 0.4) is 0 Å². The number of carbonyl (C=O) groups excluding carboxylic acids is 2. The quantitative estimate of drug-likeness (QED) is 0.636. The normalized spacial score (nSPS) is 10.4. The molecule has 1 heterocycles. The number of halogens is 1. The van der Waals surface area contributed by atoms with Crippen molar-refractivity contribution < 1.29 is 18.7 Å². The summed E-state index contributed by atoms with van der Waals surface area (Å²) < 4.78 is 11.8. The number of primary amides is 1. The molecule has 0 radical (unpaired) electrons. The Kier molecular flexibility index (Phi) is 5.61. The van der Waals surface area contributed by atoms with E-state index in [0.717, 1.165) is 0 Å². The maximum absolute atomic E-state index is 12.5. The molecule has 0 saturated carbocycles. The van der Waals surface area contributed by atoms with Gasteiger partial charge in [-0.2, -0.15) is 0 Å². The highest BCUT2D eigenvalue weighted by atomic mass is 79.9. The van der Waals surface area contributed by atoms with Crippen molar-refractivity contribution in [3.8, 4) is 11.5 Å². The first-order chi connectivity index (χ1) is 12.9. The second-order valence-electron chi connectivity index (χ2n) is 5.88. The molecule has 2 N–H and O–H groups in total. The third-order valence-corrected chi connectivity index (χ3v) is 4.27. The summed E-state index contributed by atoms with van der Waals surface area (Å²) in [5.74, 6) is 1.22. The summed E-state index contributed by atoms with van der Waals surface area (Å²) in [6.45, 7) is 0.370.